The van der Waals surface area contributed by atoms with Crippen LogP contribution in [-0.2, 0) is 4.74 Å². The zero-order valence-corrected chi connectivity index (χ0v) is 11.2. The van der Waals surface area contributed by atoms with Gasteiger partial charge in [0.15, 0.2) is 0 Å². The molecule has 0 spiro atoms. The molecule has 1 N–H and O–H groups in total. The first-order valence-electron chi connectivity index (χ1n) is 6.49. The lowest BCUT2D eigenvalue weighted by Gasteiger charge is -2.33. The van der Waals surface area contributed by atoms with E-state index in [-0.39, 0.29) is 6.10 Å². The first-order chi connectivity index (χ1) is 9.88. The minimum absolute atomic E-state index is 0.123. The highest BCUT2D eigenvalue weighted by Crippen LogP contribution is 2.26. The third-order valence-corrected chi connectivity index (χ3v) is 3.21. The van der Waals surface area contributed by atoms with E-state index in [9.17, 15) is 0 Å². The van der Waals surface area contributed by atoms with Gasteiger partial charge < -0.3 is 15.0 Å². The molecule has 2 aromatic rings. The second-order valence-corrected chi connectivity index (χ2v) is 4.41. The van der Waals surface area contributed by atoms with Crippen molar-refractivity contribution in [2.24, 2.45) is 0 Å². The Morgan fingerprint density at radius 3 is 2.85 bits per heavy atom. The normalized spacial score (nSPS) is 18.9. The SMILES string of the molecule is CNc1nccnc1[C@H]1CN(c2cnccn2)CCO1. The van der Waals surface area contributed by atoms with Gasteiger partial charge in [-0.2, -0.15) is 0 Å². The van der Waals surface area contributed by atoms with Crippen molar-refractivity contribution in [3.8, 4) is 0 Å². The molecule has 0 aliphatic carbocycles. The fourth-order valence-corrected chi connectivity index (χ4v) is 2.25. The summed E-state index contributed by atoms with van der Waals surface area (Å²) in [6.45, 7) is 2.11. The van der Waals surface area contributed by atoms with Crippen molar-refractivity contribution in [1.29, 1.82) is 0 Å². The third-order valence-electron chi connectivity index (χ3n) is 3.21. The number of nitrogens with zero attached hydrogens (tertiary/aromatic N) is 5. The molecule has 0 saturated carbocycles. The molecule has 1 aliphatic rings. The van der Waals surface area contributed by atoms with E-state index >= 15 is 0 Å². The summed E-state index contributed by atoms with van der Waals surface area (Å²) in [6, 6.07) is 0. The molecule has 20 heavy (non-hydrogen) atoms. The molecule has 1 aliphatic heterocycles. The minimum Gasteiger partial charge on any atom is -0.372 e. The molecule has 0 aromatic carbocycles. The molecule has 0 amide bonds. The van der Waals surface area contributed by atoms with Gasteiger partial charge in [-0.05, 0) is 0 Å². The largest absolute Gasteiger partial charge is 0.372 e. The Bertz CT molecular complexity index is 564. The van der Waals surface area contributed by atoms with Crippen molar-refractivity contribution < 1.29 is 4.74 Å². The van der Waals surface area contributed by atoms with Crippen LogP contribution in [0.15, 0.2) is 31.0 Å². The number of ether oxygens (including phenoxy) is 1. The van der Waals surface area contributed by atoms with E-state index in [4.69, 9.17) is 4.74 Å². The van der Waals surface area contributed by atoms with E-state index in [1.54, 1.807) is 31.0 Å². The number of hydrogen-bond acceptors (Lipinski definition) is 7. The van der Waals surface area contributed by atoms with Crippen LogP contribution in [0.1, 0.15) is 11.8 Å². The van der Waals surface area contributed by atoms with Gasteiger partial charge in [0.25, 0.3) is 0 Å². The molecule has 1 atom stereocenters. The molecular formula is C13H16N6O. The van der Waals surface area contributed by atoms with Crippen molar-refractivity contribution in [3.05, 3.63) is 36.7 Å². The molecular weight excluding hydrogens is 256 g/mol. The highest BCUT2D eigenvalue weighted by atomic mass is 16.5. The summed E-state index contributed by atoms with van der Waals surface area (Å²) in [5.74, 6) is 1.61. The summed E-state index contributed by atoms with van der Waals surface area (Å²) in [7, 11) is 1.83. The molecule has 7 heteroatoms. The lowest BCUT2D eigenvalue weighted by molar-refractivity contribution is 0.0370. The summed E-state index contributed by atoms with van der Waals surface area (Å²) in [4.78, 5) is 19.2. The molecule has 3 heterocycles. The molecule has 1 fully saturated rings. The second-order valence-electron chi connectivity index (χ2n) is 4.41. The van der Waals surface area contributed by atoms with Crippen molar-refractivity contribution in [1.82, 2.24) is 19.9 Å². The van der Waals surface area contributed by atoms with Gasteiger partial charge in [-0.1, -0.05) is 0 Å². The molecule has 3 rings (SSSR count). The maximum Gasteiger partial charge on any atom is 0.150 e. The van der Waals surface area contributed by atoms with Gasteiger partial charge in [-0.25, -0.2) is 9.97 Å². The van der Waals surface area contributed by atoms with Gasteiger partial charge in [0.2, 0.25) is 0 Å². The Labute approximate surface area is 117 Å². The number of morpholine rings is 1. The van der Waals surface area contributed by atoms with Crippen LogP contribution in [0.4, 0.5) is 11.6 Å². The smallest absolute Gasteiger partial charge is 0.150 e. The van der Waals surface area contributed by atoms with Crippen molar-refractivity contribution in [3.63, 3.8) is 0 Å². The minimum atomic E-state index is -0.123. The maximum atomic E-state index is 5.83. The summed E-state index contributed by atoms with van der Waals surface area (Å²) in [5, 5.41) is 3.05. The van der Waals surface area contributed by atoms with E-state index in [2.05, 4.69) is 30.2 Å². The van der Waals surface area contributed by atoms with E-state index in [0.29, 0.717) is 13.2 Å². The Morgan fingerprint density at radius 2 is 2.05 bits per heavy atom. The Hall–Kier alpha value is -2.28. The molecule has 0 unspecified atom stereocenters. The average molecular weight is 272 g/mol. The highest BCUT2D eigenvalue weighted by molar-refractivity contribution is 5.42. The molecule has 7 nitrogen and oxygen atoms in total. The summed E-state index contributed by atoms with van der Waals surface area (Å²) in [6.07, 6.45) is 8.35. The summed E-state index contributed by atoms with van der Waals surface area (Å²) in [5.41, 5.74) is 0.823. The first kappa shape index (κ1) is 12.7. The number of anilines is 2. The van der Waals surface area contributed by atoms with Crippen LogP contribution in [-0.4, -0.2) is 46.7 Å². The number of aromatic nitrogens is 4. The summed E-state index contributed by atoms with van der Waals surface area (Å²) < 4.78 is 5.83. The zero-order chi connectivity index (χ0) is 13.8. The van der Waals surface area contributed by atoms with Crippen molar-refractivity contribution >= 4 is 11.6 Å². The van der Waals surface area contributed by atoms with E-state index < -0.39 is 0 Å². The van der Waals surface area contributed by atoms with Gasteiger partial charge in [0, 0.05) is 38.4 Å². The van der Waals surface area contributed by atoms with Crippen LogP contribution in [0.25, 0.3) is 0 Å². The Balaban J connectivity index is 1.82. The number of nitrogens with one attached hydrogen (secondary N) is 1. The molecule has 0 radical (unpaired) electrons. The highest BCUT2D eigenvalue weighted by Gasteiger charge is 2.26. The van der Waals surface area contributed by atoms with Gasteiger partial charge in [0.05, 0.1) is 19.3 Å². The Morgan fingerprint density at radius 1 is 1.20 bits per heavy atom. The average Bonchev–Trinajstić information content (AvgIpc) is 2.56. The predicted octanol–water partition coefficient (Wildman–Crippen LogP) is 0.886. The van der Waals surface area contributed by atoms with E-state index in [1.807, 2.05) is 7.05 Å². The molecule has 104 valence electrons. The third kappa shape index (κ3) is 2.53. The van der Waals surface area contributed by atoms with Crippen LogP contribution < -0.4 is 10.2 Å². The van der Waals surface area contributed by atoms with Gasteiger partial charge >= 0.3 is 0 Å². The fraction of sp³-hybridized carbons (Fsp3) is 0.385. The summed E-state index contributed by atoms with van der Waals surface area (Å²) >= 11 is 0. The second kappa shape index (κ2) is 5.79. The van der Waals surface area contributed by atoms with Crippen LogP contribution >= 0.6 is 0 Å². The van der Waals surface area contributed by atoms with E-state index in [1.165, 1.54) is 0 Å². The van der Waals surface area contributed by atoms with Gasteiger partial charge in [-0.3, -0.25) is 9.97 Å². The van der Waals surface area contributed by atoms with Crippen LogP contribution in [0.5, 0.6) is 0 Å². The van der Waals surface area contributed by atoms with Gasteiger partial charge in [-0.15, -0.1) is 0 Å². The van der Waals surface area contributed by atoms with Crippen LogP contribution in [0.2, 0.25) is 0 Å². The van der Waals surface area contributed by atoms with Crippen LogP contribution in [0.3, 0.4) is 0 Å². The van der Waals surface area contributed by atoms with Gasteiger partial charge in [0.1, 0.15) is 23.4 Å². The van der Waals surface area contributed by atoms with E-state index in [0.717, 1.165) is 23.9 Å². The number of hydrogen-bond donors (Lipinski definition) is 1. The lowest BCUT2D eigenvalue weighted by atomic mass is 10.2. The topological polar surface area (TPSA) is 76.1 Å². The lowest BCUT2D eigenvalue weighted by Crippen LogP contribution is -2.39. The standard InChI is InChI=1S/C13H16N6O/c1-14-13-12(17-4-5-18-13)10-9-19(6-7-20-10)11-8-15-2-3-16-11/h2-5,8,10H,6-7,9H2,1H3,(H,14,18)/t10-/m1/s1. The predicted molar refractivity (Wildman–Crippen MR) is 74.5 cm³/mol. The first-order valence-corrected chi connectivity index (χ1v) is 6.49. The monoisotopic (exact) mass is 272 g/mol. The fourth-order valence-electron chi connectivity index (χ4n) is 2.25. The zero-order valence-electron chi connectivity index (χ0n) is 11.2. The maximum absolute atomic E-state index is 5.83. The molecule has 0 bridgehead atoms. The molecule has 1 saturated heterocycles. The van der Waals surface area contributed by atoms with Crippen molar-refractivity contribution in [2.75, 3.05) is 37.0 Å². The molecule has 2 aromatic heterocycles. The number of rotatable bonds is 3. The Kier molecular flexibility index (Phi) is 3.69. The van der Waals surface area contributed by atoms with Crippen molar-refractivity contribution in [2.45, 2.75) is 6.10 Å². The quantitative estimate of drug-likeness (QED) is 0.889. The van der Waals surface area contributed by atoms with Crippen LogP contribution in [0, 0.1) is 0 Å².